The quantitative estimate of drug-likeness (QED) is 0.458. The lowest BCUT2D eigenvalue weighted by atomic mass is 10.1. The number of nitrogens with zero attached hydrogens (tertiary/aromatic N) is 1. The first-order valence-corrected chi connectivity index (χ1v) is 7.16. The van der Waals surface area contributed by atoms with E-state index < -0.39 is 0 Å². The summed E-state index contributed by atoms with van der Waals surface area (Å²) in [5, 5.41) is 0. The second-order valence-electron chi connectivity index (χ2n) is 5.07. The third-order valence-corrected chi connectivity index (χ3v) is 3.65. The van der Waals surface area contributed by atoms with Crippen LogP contribution < -0.4 is 0 Å². The van der Waals surface area contributed by atoms with Gasteiger partial charge in [0.2, 0.25) is 0 Å². The maximum absolute atomic E-state index is 12.4. The topological polar surface area (TPSA) is 63.7 Å². The molecule has 5 heteroatoms. The third kappa shape index (κ3) is 3.12. The molecule has 1 aliphatic rings. The molecule has 1 heterocycles. The molecule has 2 amide bonds. The number of rotatable bonds is 6. The molecular weight excluding hydrogens is 270 g/mol. The molecule has 0 saturated heterocycles. The van der Waals surface area contributed by atoms with Crippen LogP contribution in [0.15, 0.2) is 24.3 Å². The van der Waals surface area contributed by atoms with Crippen LogP contribution in [0.25, 0.3) is 0 Å². The van der Waals surface area contributed by atoms with Crippen LogP contribution in [0.4, 0.5) is 0 Å². The minimum Gasteiger partial charge on any atom is -0.466 e. The number of esters is 1. The summed E-state index contributed by atoms with van der Waals surface area (Å²) in [7, 11) is 0. The van der Waals surface area contributed by atoms with Gasteiger partial charge in [-0.25, -0.2) is 0 Å². The second kappa shape index (κ2) is 6.52. The Morgan fingerprint density at radius 2 is 1.76 bits per heavy atom. The lowest BCUT2D eigenvalue weighted by Gasteiger charge is -2.25. The average Bonchev–Trinajstić information content (AvgIpc) is 2.72. The molecule has 2 rings (SSSR count). The van der Waals surface area contributed by atoms with E-state index in [-0.39, 0.29) is 23.8 Å². The molecule has 0 bridgehead atoms. The molecule has 5 nitrogen and oxygen atoms in total. The molecule has 0 spiro atoms. The van der Waals surface area contributed by atoms with Gasteiger partial charge in [0.1, 0.15) is 0 Å². The van der Waals surface area contributed by atoms with E-state index >= 15 is 0 Å². The minimum absolute atomic E-state index is 0.159. The maximum atomic E-state index is 12.4. The van der Waals surface area contributed by atoms with E-state index in [1.165, 1.54) is 11.8 Å². The number of imide groups is 1. The Labute approximate surface area is 123 Å². The van der Waals surface area contributed by atoms with Crippen molar-refractivity contribution in [1.29, 1.82) is 0 Å². The van der Waals surface area contributed by atoms with Gasteiger partial charge in [-0.2, -0.15) is 0 Å². The molecule has 1 unspecified atom stereocenters. The van der Waals surface area contributed by atoms with E-state index in [1.807, 2.05) is 6.92 Å². The van der Waals surface area contributed by atoms with Crippen LogP contribution >= 0.6 is 0 Å². The van der Waals surface area contributed by atoms with Gasteiger partial charge in [0.15, 0.2) is 0 Å². The zero-order valence-corrected chi connectivity index (χ0v) is 12.3. The van der Waals surface area contributed by atoms with Gasteiger partial charge in [-0.3, -0.25) is 19.3 Å². The zero-order valence-electron chi connectivity index (χ0n) is 12.3. The highest BCUT2D eigenvalue weighted by Gasteiger charge is 2.38. The van der Waals surface area contributed by atoms with Crippen LogP contribution in [0.2, 0.25) is 0 Å². The number of hydrogen-bond acceptors (Lipinski definition) is 4. The van der Waals surface area contributed by atoms with Gasteiger partial charge in [0.25, 0.3) is 11.8 Å². The number of amides is 2. The molecule has 112 valence electrons. The van der Waals surface area contributed by atoms with E-state index in [1.54, 1.807) is 24.3 Å². The van der Waals surface area contributed by atoms with Crippen molar-refractivity contribution in [2.24, 2.45) is 0 Å². The fraction of sp³-hybridized carbons (Fsp3) is 0.438. The van der Waals surface area contributed by atoms with Crippen LogP contribution in [0.3, 0.4) is 0 Å². The first kappa shape index (κ1) is 15.2. The van der Waals surface area contributed by atoms with Gasteiger partial charge < -0.3 is 4.74 Å². The van der Waals surface area contributed by atoms with Crippen molar-refractivity contribution in [3.05, 3.63) is 35.4 Å². The van der Waals surface area contributed by atoms with E-state index in [9.17, 15) is 14.4 Å². The smallest absolute Gasteiger partial charge is 0.302 e. The molecule has 0 saturated carbocycles. The van der Waals surface area contributed by atoms with Crippen molar-refractivity contribution in [2.45, 2.75) is 39.2 Å². The molecule has 1 aliphatic heterocycles. The van der Waals surface area contributed by atoms with Gasteiger partial charge >= 0.3 is 5.97 Å². The lowest BCUT2D eigenvalue weighted by Crippen LogP contribution is -2.39. The lowest BCUT2D eigenvalue weighted by molar-refractivity contribution is -0.141. The van der Waals surface area contributed by atoms with Crippen molar-refractivity contribution in [3.8, 4) is 0 Å². The van der Waals surface area contributed by atoms with Gasteiger partial charge in [0.05, 0.1) is 17.7 Å². The number of carbonyl (C=O) groups excluding carboxylic acids is 3. The maximum Gasteiger partial charge on any atom is 0.302 e. The minimum atomic E-state index is -0.316. The van der Waals surface area contributed by atoms with Crippen LogP contribution in [0.1, 0.15) is 53.8 Å². The molecule has 0 N–H and O–H groups in total. The second-order valence-corrected chi connectivity index (χ2v) is 5.07. The number of carbonyl (C=O) groups is 3. The Morgan fingerprint density at radius 3 is 2.24 bits per heavy atom. The Bertz CT molecular complexity index is 532. The van der Waals surface area contributed by atoms with Crippen LogP contribution in [0, 0.1) is 0 Å². The van der Waals surface area contributed by atoms with Crippen LogP contribution in [-0.2, 0) is 9.53 Å². The third-order valence-electron chi connectivity index (χ3n) is 3.65. The molecular formula is C16H19NO4. The summed E-state index contributed by atoms with van der Waals surface area (Å²) in [5.74, 6) is -0.770. The molecule has 0 aliphatic carbocycles. The predicted molar refractivity (Wildman–Crippen MR) is 76.9 cm³/mol. The van der Waals surface area contributed by atoms with Gasteiger partial charge in [-0.1, -0.05) is 19.1 Å². The number of fused-ring (bicyclic) bond motifs is 1. The summed E-state index contributed by atoms with van der Waals surface area (Å²) in [5.41, 5.74) is 0.946. The monoisotopic (exact) mass is 289 g/mol. The molecule has 0 fully saturated rings. The van der Waals surface area contributed by atoms with Crippen molar-refractivity contribution in [2.75, 3.05) is 6.61 Å². The van der Waals surface area contributed by atoms with Crippen molar-refractivity contribution >= 4 is 17.8 Å². The molecule has 0 aromatic heterocycles. The van der Waals surface area contributed by atoms with E-state index in [4.69, 9.17) is 4.74 Å². The van der Waals surface area contributed by atoms with Crippen LogP contribution in [-0.4, -0.2) is 35.3 Å². The van der Waals surface area contributed by atoms with Gasteiger partial charge in [-0.15, -0.1) is 0 Å². The van der Waals surface area contributed by atoms with Crippen molar-refractivity contribution < 1.29 is 19.1 Å². The molecule has 0 radical (unpaired) electrons. The molecule has 1 aromatic rings. The Morgan fingerprint density at radius 1 is 1.19 bits per heavy atom. The van der Waals surface area contributed by atoms with Crippen LogP contribution in [0.5, 0.6) is 0 Å². The SMILES string of the molecule is CCC(CCCOC(C)=O)N1C(=O)c2ccccc2C1=O. The molecule has 1 atom stereocenters. The normalized spacial score (nSPS) is 15.0. The fourth-order valence-corrected chi connectivity index (χ4v) is 2.59. The number of benzene rings is 1. The summed E-state index contributed by atoms with van der Waals surface area (Å²) >= 11 is 0. The highest BCUT2D eigenvalue weighted by molar-refractivity contribution is 6.21. The summed E-state index contributed by atoms with van der Waals surface area (Å²) in [6.07, 6.45) is 1.95. The fourth-order valence-electron chi connectivity index (χ4n) is 2.59. The van der Waals surface area contributed by atoms with Gasteiger partial charge in [0, 0.05) is 13.0 Å². The van der Waals surface area contributed by atoms with E-state index in [2.05, 4.69) is 0 Å². The van der Waals surface area contributed by atoms with E-state index in [0.29, 0.717) is 37.0 Å². The molecule has 1 aromatic carbocycles. The first-order chi connectivity index (χ1) is 10.1. The molecule has 21 heavy (non-hydrogen) atoms. The number of ether oxygens (including phenoxy) is 1. The summed E-state index contributed by atoms with van der Waals surface area (Å²) < 4.78 is 4.89. The van der Waals surface area contributed by atoms with Crippen molar-refractivity contribution in [1.82, 2.24) is 4.90 Å². The standard InChI is InChI=1S/C16H19NO4/c1-3-12(7-6-10-21-11(2)18)17-15(19)13-8-4-5-9-14(13)16(17)20/h4-5,8-9,12H,3,6-7,10H2,1-2H3. The largest absolute Gasteiger partial charge is 0.466 e. The Hall–Kier alpha value is -2.17. The summed E-state index contributed by atoms with van der Waals surface area (Å²) in [4.78, 5) is 36.8. The Balaban J connectivity index is 2.05. The predicted octanol–water partition coefficient (Wildman–Crippen LogP) is 2.40. The van der Waals surface area contributed by atoms with Crippen molar-refractivity contribution in [3.63, 3.8) is 0 Å². The number of hydrogen-bond donors (Lipinski definition) is 0. The summed E-state index contributed by atoms with van der Waals surface area (Å²) in [6.45, 7) is 3.62. The van der Waals surface area contributed by atoms with E-state index in [0.717, 1.165) is 0 Å². The highest BCUT2D eigenvalue weighted by Crippen LogP contribution is 2.27. The first-order valence-electron chi connectivity index (χ1n) is 7.16. The zero-order chi connectivity index (χ0) is 15.4. The summed E-state index contributed by atoms with van der Waals surface area (Å²) in [6, 6.07) is 6.72. The Kier molecular flexibility index (Phi) is 4.73. The average molecular weight is 289 g/mol. The highest BCUT2D eigenvalue weighted by atomic mass is 16.5. The van der Waals surface area contributed by atoms with Gasteiger partial charge in [-0.05, 0) is 31.4 Å².